The van der Waals surface area contributed by atoms with Crippen molar-refractivity contribution in [2.75, 3.05) is 53.9 Å². The smallest absolute Gasteiger partial charge is 0.243 e. The van der Waals surface area contributed by atoms with Crippen molar-refractivity contribution in [2.24, 2.45) is 10.9 Å². The van der Waals surface area contributed by atoms with Crippen LogP contribution < -0.4 is 15.4 Å². The van der Waals surface area contributed by atoms with Crippen LogP contribution in [0.2, 0.25) is 0 Å². The van der Waals surface area contributed by atoms with Crippen LogP contribution in [0, 0.1) is 5.92 Å². The molecular formula is C21H35N5O2. The van der Waals surface area contributed by atoms with Crippen molar-refractivity contribution in [3.05, 3.63) is 29.8 Å². The molecular weight excluding hydrogens is 354 g/mol. The van der Waals surface area contributed by atoms with Gasteiger partial charge in [0, 0.05) is 33.7 Å². The summed E-state index contributed by atoms with van der Waals surface area (Å²) in [4.78, 5) is 20.2. The lowest BCUT2D eigenvalue weighted by Gasteiger charge is -2.32. The largest absolute Gasteiger partial charge is 0.497 e. The zero-order valence-corrected chi connectivity index (χ0v) is 17.7. The average Bonchev–Trinajstić information content (AvgIpc) is 2.71. The summed E-state index contributed by atoms with van der Waals surface area (Å²) in [7, 11) is 5.19. The van der Waals surface area contributed by atoms with Crippen LogP contribution in [0.5, 0.6) is 5.75 Å². The lowest BCUT2D eigenvalue weighted by atomic mass is 9.96. The van der Waals surface area contributed by atoms with Crippen LogP contribution in [0.3, 0.4) is 0 Å². The minimum atomic E-state index is 0.00374. The molecule has 1 amide bonds. The van der Waals surface area contributed by atoms with E-state index in [1.807, 2.05) is 19.1 Å². The monoisotopic (exact) mass is 389 g/mol. The number of aliphatic imine (C=N–C) groups is 1. The zero-order valence-electron chi connectivity index (χ0n) is 17.7. The SMILES string of the molecule is CCNC(=NCC(=O)N(C)C)NCC1CCN(Cc2ccc(OC)cc2)CC1. The lowest BCUT2D eigenvalue weighted by molar-refractivity contribution is -0.127. The van der Waals surface area contributed by atoms with E-state index in [1.54, 1.807) is 26.1 Å². The average molecular weight is 390 g/mol. The van der Waals surface area contributed by atoms with E-state index in [4.69, 9.17) is 4.74 Å². The second-order valence-corrected chi connectivity index (χ2v) is 7.43. The standard InChI is InChI=1S/C21H35N5O2/c1-5-22-21(24-15-20(27)25(2)3)23-14-17-10-12-26(13-11-17)16-18-6-8-19(28-4)9-7-18/h6-9,17H,5,10-16H2,1-4H3,(H2,22,23,24). The number of hydrogen-bond donors (Lipinski definition) is 2. The molecule has 1 heterocycles. The molecule has 1 aliphatic heterocycles. The number of likely N-dealkylation sites (tertiary alicyclic amines) is 1. The van der Waals surface area contributed by atoms with E-state index in [9.17, 15) is 4.79 Å². The van der Waals surface area contributed by atoms with E-state index in [1.165, 1.54) is 18.4 Å². The van der Waals surface area contributed by atoms with Crippen LogP contribution in [-0.4, -0.2) is 75.6 Å². The number of likely N-dealkylation sites (N-methyl/N-ethyl adjacent to an activating group) is 1. The molecule has 1 aliphatic rings. The molecule has 0 aromatic heterocycles. The van der Waals surface area contributed by atoms with Crippen molar-refractivity contribution in [3.8, 4) is 5.75 Å². The van der Waals surface area contributed by atoms with Crippen LogP contribution in [0.1, 0.15) is 25.3 Å². The fraction of sp³-hybridized carbons (Fsp3) is 0.619. The minimum absolute atomic E-state index is 0.00374. The quantitative estimate of drug-likeness (QED) is 0.522. The van der Waals surface area contributed by atoms with Gasteiger partial charge < -0.3 is 20.3 Å². The Balaban J connectivity index is 1.74. The van der Waals surface area contributed by atoms with Gasteiger partial charge >= 0.3 is 0 Å². The molecule has 1 aromatic rings. The summed E-state index contributed by atoms with van der Waals surface area (Å²) in [6.07, 6.45) is 2.33. The summed E-state index contributed by atoms with van der Waals surface area (Å²) in [6.45, 7) is 7.06. The number of methoxy groups -OCH3 is 1. The summed E-state index contributed by atoms with van der Waals surface area (Å²) in [5, 5.41) is 6.61. The van der Waals surface area contributed by atoms with E-state index < -0.39 is 0 Å². The number of guanidine groups is 1. The van der Waals surface area contributed by atoms with Crippen molar-refractivity contribution >= 4 is 11.9 Å². The number of hydrogen-bond acceptors (Lipinski definition) is 4. The third-order valence-corrected chi connectivity index (χ3v) is 5.05. The number of piperidine rings is 1. The van der Waals surface area contributed by atoms with Gasteiger partial charge in [0.15, 0.2) is 5.96 Å². The predicted molar refractivity (Wildman–Crippen MR) is 114 cm³/mol. The summed E-state index contributed by atoms with van der Waals surface area (Å²) in [5.74, 6) is 2.25. The fourth-order valence-corrected chi connectivity index (χ4v) is 3.21. The summed E-state index contributed by atoms with van der Waals surface area (Å²) in [5.41, 5.74) is 1.32. The fourth-order valence-electron chi connectivity index (χ4n) is 3.21. The van der Waals surface area contributed by atoms with Gasteiger partial charge in [-0.3, -0.25) is 9.69 Å². The van der Waals surface area contributed by atoms with Gasteiger partial charge in [-0.1, -0.05) is 12.1 Å². The third kappa shape index (κ3) is 7.38. The second kappa shape index (κ2) is 11.5. The van der Waals surface area contributed by atoms with Gasteiger partial charge in [0.05, 0.1) is 7.11 Å². The minimum Gasteiger partial charge on any atom is -0.497 e. The van der Waals surface area contributed by atoms with Crippen molar-refractivity contribution in [3.63, 3.8) is 0 Å². The number of ether oxygens (including phenoxy) is 1. The van der Waals surface area contributed by atoms with Crippen LogP contribution in [0.4, 0.5) is 0 Å². The Morgan fingerprint density at radius 1 is 1.21 bits per heavy atom. The number of carbonyl (C=O) groups is 1. The number of benzene rings is 1. The molecule has 1 saturated heterocycles. The highest BCUT2D eigenvalue weighted by atomic mass is 16.5. The van der Waals surface area contributed by atoms with E-state index in [0.29, 0.717) is 5.92 Å². The van der Waals surface area contributed by atoms with E-state index in [-0.39, 0.29) is 12.5 Å². The molecule has 1 aromatic carbocycles. The van der Waals surface area contributed by atoms with Gasteiger partial charge in [0.2, 0.25) is 5.91 Å². The van der Waals surface area contributed by atoms with E-state index in [2.05, 4.69) is 32.7 Å². The van der Waals surface area contributed by atoms with Gasteiger partial charge in [-0.05, 0) is 56.5 Å². The maximum absolute atomic E-state index is 11.7. The van der Waals surface area contributed by atoms with Crippen molar-refractivity contribution in [1.29, 1.82) is 0 Å². The van der Waals surface area contributed by atoms with Crippen molar-refractivity contribution in [2.45, 2.75) is 26.3 Å². The van der Waals surface area contributed by atoms with Crippen molar-refractivity contribution in [1.82, 2.24) is 20.4 Å². The number of nitrogens with zero attached hydrogens (tertiary/aromatic N) is 3. The molecule has 2 rings (SSSR count). The molecule has 0 radical (unpaired) electrons. The zero-order chi connectivity index (χ0) is 20.4. The summed E-state index contributed by atoms with van der Waals surface area (Å²) >= 11 is 0. The maximum Gasteiger partial charge on any atom is 0.243 e. The summed E-state index contributed by atoms with van der Waals surface area (Å²) in [6, 6.07) is 8.32. The topological polar surface area (TPSA) is 69.2 Å². The third-order valence-electron chi connectivity index (χ3n) is 5.05. The Morgan fingerprint density at radius 2 is 1.89 bits per heavy atom. The van der Waals surface area contributed by atoms with Gasteiger partial charge in [0.1, 0.15) is 12.3 Å². The first-order valence-electron chi connectivity index (χ1n) is 10.1. The van der Waals surface area contributed by atoms with Crippen molar-refractivity contribution < 1.29 is 9.53 Å². The lowest BCUT2D eigenvalue weighted by Crippen LogP contribution is -2.43. The second-order valence-electron chi connectivity index (χ2n) is 7.43. The van der Waals surface area contributed by atoms with Crippen LogP contribution in [0.25, 0.3) is 0 Å². The highest BCUT2D eigenvalue weighted by molar-refractivity contribution is 5.84. The Kier molecular flexibility index (Phi) is 9.07. The van der Waals surface area contributed by atoms with Gasteiger partial charge in [-0.15, -0.1) is 0 Å². The normalized spacial score (nSPS) is 15.9. The number of nitrogens with one attached hydrogen (secondary N) is 2. The first-order chi connectivity index (χ1) is 13.5. The predicted octanol–water partition coefficient (Wildman–Crippen LogP) is 1.55. The highest BCUT2D eigenvalue weighted by Gasteiger charge is 2.19. The van der Waals surface area contributed by atoms with E-state index in [0.717, 1.165) is 44.4 Å². The number of rotatable bonds is 8. The van der Waals surface area contributed by atoms with Crippen LogP contribution in [0.15, 0.2) is 29.3 Å². The van der Waals surface area contributed by atoms with Crippen LogP contribution in [-0.2, 0) is 11.3 Å². The first-order valence-corrected chi connectivity index (χ1v) is 10.1. The molecule has 0 unspecified atom stereocenters. The molecule has 0 saturated carbocycles. The molecule has 1 fully saturated rings. The molecule has 0 aliphatic carbocycles. The molecule has 0 atom stereocenters. The van der Waals surface area contributed by atoms with Gasteiger partial charge in [-0.2, -0.15) is 0 Å². The maximum atomic E-state index is 11.7. The molecule has 7 nitrogen and oxygen atoms in total. The Labute approximate surface area is 169 Å². The number of carbonyl (C=O) groups excluding carboxylic acids is 1. The molecule has 28 heavy (non-hydrogen) atoms. The van der Waals surface area contributed by atoms with Crippen LogP contribution >= 0.6 is 0 Å². The van der Waals surface area contributed by atoms with Gasteiger partial charge in [0.25, 0.3) is 0 Å². The Bertz CT molecular complexity index is 622. The first kappa shape index (κ1) is 22.0. The summed E-state index contributed by atoms with van der Waals surface area (Å²) < 4.78 is 5.22. The van der Waals surface area contributed by atoms with E-state index >= 15 is 0 Å². The number of amides is 1. The molecule has 7 heteroatoms. The van der Waals surface area contributed by atoms with Gasteiger partial charge in [-0.25, -0.2) is 4.99 Å². The molecule has 2 N–H and O–H groups in total. The highest BCUT2D eigenvalue weighted by Crippen LogP contribution is 2.19. The molecule has 0 bridgehead atoms. The molecule has 156 valence electrons. The Morgan fingerprint density at radius 3 is 2.46 bits per heavy atom. The Hall–Kier alpha value is -2.28. The molecule has 0 spiro atoms.